The Morgan fingerprint density at radius 1 is 1.19 bits per heavy atom. The molecule has 5 heteroatoms. The summed E-state index contributed by atoms with van der Waals surface area (Å²) in [4.78, 5) is 12.4. The van der Waals surface area contributed by atoms with Crippen LogP contribution in [0.2, 0.25) is 0 Å². The number of hydrogen-bond donors (Lipinski definition) is 1. The van der Waals surface area contributed by atoms with Gasteiger partial charge in [-0.05, 0) is 42.8 Å². The van der Waals surface area contributed by atoms with E-state index in [1.807, 2.05) is 19.1 Å². The van der Waals surface area contributed by atoms with Gasteiger partial charge in [0.05, 0.1) is 12.3 Å². The molecular formula is C21H20N2O3. The summed E-state index contributed by atoms with van der Waals surface area (Å²) < 4.78 is 10.9. The van der Waals surface area contributed by atoms with Crippen LogP contribution in [-0.2, 0) is 4.79 Å². The molecule has 2 aromatic carbocycles. The molecule has 0 aromatic heterocycles. The molecule has 0 atom stereocenters. The average Bonchev–Trinajstić information content (AvgIpc) is 2.67. The van der Waals surface area contributed by atoms with Crippen LogP contribution in [0.15, 0.2) is 66.8 Å². The van der Waals surface area contributed by atoms with Crippen LogP contribution >= 0.6 is 0 Å². The Balaban J connectivity index is 2.14. The molecule has 0 radical (unpaired) electrons. The molecule has 0 aliphatic carbocycles. The lowest BCUT2D eigenvalue weighted by molar-refractivity contribution is -0.112. The summed E-state index contributed by atoms with van der Waals surface area (Å²) >= 11 is 0. The van der Waals surface area contributed by atoms with E-state index in [-0.39, 0.29) is 5.57 Å². The number of anilines is 1. The van der Waals surface area contributed by atoms with E-state index >= 15 is 0 Å². The minimum absolute atomic E-state index is 0.00365. The fourth-order valence-electron chi connectivity index (χ4n) is 2.17. The first-order chi connectivity index (χ1) is 12.7. The molecule has 132 valence electrons. The Bertz CT molecular complexity index is 833. The molecular weight excluding hydrogens is 328 g/mol. The molecule has 1 amide bonds. The number of nitriles is 1. The molecule has 0 aliphatic heterocycles. The zero-order chi connectivity index (χ0) is 18.8. The molecule has 0 bridgehead atoms. The van der Waals surface area contributed by atoms with Gasteiger partial charge < -0.3 is 14.8 Å². The van der Waals surface area contributed by atoms with Gasteiger partial charge >= 0.3 is 0 Å². The minimum atomic E-state index is -0.494. The summed E-state index contributed by atoms with van der Waals surface area (Å²) in [6.45, 7) is 6.35. The van der Waals surface area contributed by atoms with E-state index < -0.39 is 5.91 Å². The van der Waals surface area contributed by atoms with E-state index in [1.165, 1.54) is 6.08 Å². The Kier molecular flexibility index (Phi) is 7.02. The number of nitrogens with one attached hydrogen (secondary N) is 1. The molecule has 2 aromatic rings. The molecule has 26 heavy (non-hydrogen) atoms. The van der Waals surface area contributed by atoms with Crippen molar-refractivity contribution in [1.29, 1.82) is 5.26 Å². The SMILES string of the molecule is C=CCOc1ccc(/C=C(\C#N)C(=O)Nc2ccccc2OCC)cc1. The topological polar surface area (TPSA) is 71.3 Å². The smallest absolute Gasteiger partial charge is 0.266 e. The molecule has 0 fully saturated rings. The van der Waals surface area contributed by atoms with Crippen LogP contribution in [0.4, 0.5) is 5.69 Å². The van der Waals surface area contributed by atoms with E-state index in [1.54, 1.807) is 48.5 Å². The second-order valence-corrected chi connectivity index (χ2v) is 5.22. The molecule has 0 spiro atoms. The summed E-state index contributed by atoms with van der Waals surface area (Å²) in [5, 5.41) is 12.0. The lowest BCUT2D eigenvalue weighted by atomic mass is 10.1. The van der Waals surface area contributed by atoms with E-state index in [9.17, 15) is 10.1 Å². The van der Waals surface area contributed by atoms with Gasteiger partial charge in [-0.2, -0.15) is 5.26 Å². The number of benzene rings is 2. The maximum Gasteiger partial charge on any atom is 0.266 e. The van der Waals surface area contributed by atoms with Crippen LogP contribution < -0.4 is 14.8 Å². The Labute approximate surface area is 153 Å². The highest BCUT2D eigenvalue weighted by Crippen LogP contribution is 2.24. The lowest BCUT2D eigenvalue weighted by Gasteiger charge is -2.10. The number of para-hydroxylation sites is 2. The summed E-state index contributed by atoms with van der Waals surface area (Å²) in [5.41, 5.74) is 1.24. The monoisotopic (exact) mass is 348 g/mol. The number of nitrogens with zero attached hydrogens (tertiary/aromatic N) is 1. The maximum absolute atomic E-state index is 12.4. The van der Waals surface area contributed by atoms with Crippen LogP contribution in [0.25, 0.3) is 6.08 Å². The van der Waals surface area contributed by atoms with Gasteiger partial charge in [-0.25, -0.2) is 0 Å². The predicted molar refractivity (Wildman–Crippen MR) is 102 cm³/mol. The van der Waals surface area contributed by atoms with E-state index in [4.69, 9.17) is 9.47 Å². The fourth-order valence-corrected chi connectivity index (χ4v) is 2.17. The third kappa shape index (κ3) is 5.25. The summed E-state index contributed by atoms with van der Waals surface area (Å²) in [7, 11) is 0. The van der Waals surface area contributed by atoms with Gasteiger partial charge in [-0.3, -0.25) is 4.79 Å². The first-order valence-corrected chi connectivity index (χ1v) is 8.16. The third-order valence-electron chi connectivity index (χ3n) is 3.36. The van der Waals surface area contributed by atoms with Crippen LogP contribution in [-0.4, -0.2) is 19.1 Å². The zero-order valence-corrected chi connectivity index (χ0v) is 14.6. The number of carbonyl (C=O) groups is 1. The van der Waals surface area contributed by atoms with Gasteiger partial charge in [-0.15, -0.1) is 0 Å². The Hall–Kier alpha value is -3.52. The summed E-state index contributed by atoms with van der Waals surface area (Å²) in [6, 6.07) is 16.1. The van der Waals surface area contributed by atoms with Gasteiger partial charge in [0.15, 0.2) is 0 Å². The van der Waals surface area contributed by atoms with Gasteiger partial charge in [0, 0.05) is 0 Å². The largest absolute Gasteiger partial charge is 0.492 e. The first-order valence-electron chi connectivity index (χ1n) is 8.16. The molecule has 0 saturated heterocycles. The van der Waals surface area contributed by atoms with Gasteiger partial charge in [-0.1, -0.05) is 36.9 Å². The van der Waals surface area contributed by atoms with Gasteiger partial charge in [0.2, 0.25) is 0 Å². The fraction of sp³-hybridized carbons (Fsp3) is 0.143. The van der Waals surface area contributed by atoms with Crippen molar-refractivity contribution in [3.05, 3.63) is 72.3 Å². The highest BCUT2D eigenvalue weighted by Gasteiger charge is 2.12. The normalized spacial score (nSPS) is 10.5. The number of amides is 1. The molecule has 2 rings (SSSR count). The van der Waals surface area contributed by atoms with Crippen molar-refractivity contribution in [2.75, 3.05) is 18.5 Å². The van der Waals surface area contributed by atoms with E-state index in [0.29, 0.717) is 30.4 Å². The number of ether oxygens (including phenoxy) is 2. The Morgan fingerprint density at radius 2 is 1.92 bits per heavy atom. The second kappa shape index (κ2) is 9.70. The molecule has 0 aliphatic rings. The van der Waals surface area contributed by atoms with Gasteiger partial charge in [0.25, 0.3) is 5.91 Å². The standard InChI is InChI=1S/C21H20N2O3/c1-3-13-26-18-11-9-16(10-12-18)14-17(15-22)21(24)23-19-7-5-6-8-20(19)25-4-2/h3,5-12,14H,1,4,13H2,2H3,(H,23,24)/b17-14+. The zero-order valence-electron chi connectivity index (χ0n) is 14.6. The van der Waals surface area contributed by atoms with Crippen LogP contribution in [0, 0.1) is 11.3 Å². The molecule has 5 nitrogen and oxygen atoms in total. The van der Waals surface area contributed by atoms with Crippen LogP contribution in [0.5, 0.6) is 11.5 Å². The number of carbonyl (C=O) groups excluding carboxylic acids is 1. The lowest BCUT2D eigenvalue weighted by Crippen LogP contribution is -2.14. The number of rotatable bonds is 8. The highest BCUT2D eigenvalue weighted by molar-refractivity contribution is 6.10. The molecule has 0 heterocycles. The van der Waals surface area contributed by atoms with Crippen molar-refractivity contribution >= 4 is 17.7 Å². The van der Waals surface area contributed by atoms with E-state index in [2.05, 4.69) is 11.9 Å². The summed E-state index contributed by atoms with van der Waals surface area (Å²) in [5.74, 6) is 0.756. The van der Waals surface area contributed by atoms with Crippen molar-refractivity contribution in [3.8, 4) is 17.6 Å². The second-order valence-electron chi connectivity index (χ2n) is 5.22. The van der Waals surface area contributed by atoms with Crippen molar-refractivity contribution in [1.82, 2.24) is 0 Å². The third-order valence-corrected chi connectivity index (χ3v) is 3.36. The maximum atomic E-state index is 12.4. The van der Waals surface area contributed by atoms with Crippen molar-refractivity contribution in [2.45, 2.75) is 6.92 Å². The quantitative estimate of drug-likeness (QED) is 0.441. The van der Waals surface area contributed by atoms with Crippen molar-refractivity contribution < 1.29 is 14.3 Å². The van der Waals surface area contributed by atoms with Crippen molar-refractivity contribution in [2.24, 2.45) is 0 Å². The number of hydrogen-bond acceptors (Lipinski definition) is 4. The summed E-state index contributed by atoms with van der Waals surface area (Å²) in [6.07, 6.45) is 3.18. The van der Waals surface area contributed by atoms with Crippen LogP contribution in [0.1, 0.15) is 12.5 Å². The van der Waals surface area contributed by atoms with E-state index in [0.717, 1.165) is 5.56 Å². The van der Waals surface area contributed by atoms with Gasteiger partial charge in [0.1, 0.15) is 29.7 Å². The predicted octanol–water partition coefficient (Wildman–Crippen LogP) is 4.20. The Morgan fingerprint density at radius 3 is 2.58 bits per heavy atom. The average molecular weight is 348 g/mol. The van der Waals surface area contributed by atoms with Crippen LogP contribution in [0.3, 0.4) is 0 Å². The highest BCUT2D eigenvalue weighted by atomic mass is 16.5. The molecule has 0 saturated carbocycles. The minimum Gasteiger partial charge on any atom is -0.492 e. The first kappa shape index (κ1) is 18.8. The van der Waals surface area contributed by atoms with Crippen molar-refractivity contribution in [3.63, 3.8) is 0 Å². The molecule has 0 unspecified atom stereocenters. The molecule has 1 N–H and O–H groups in total.